The SMILES string of the molecule is Cn1cccc1C(=O)NCC(O)COc1ccc(F)cc1. The van der Waals surface area contributed by atoms with Crippen LogP contribution in [-0.4, -0.2) is 34.8 Å². The molecule has 1 unspecified atom stereocenters. The minimum absolute atomic E-state index is 0.0129. The Kier molecular flexibility index (Phi) is 4.94. The standard InChI is InChI=1S/C15H17FN2O3/c1-18-8-2-3-14(18)15(20)17-9-12(19)10-21-13-6-4-11(16)5-7-13/h2-8,12,19H,9-10H2,1H3,(H,17,20). The molecule has 0 aliphatic rings. The molecule has 5 nitrogen and oxygen atoms in total. The molecule has 2 N–H and O–H groups in total. The van der Waals surface area contributed by atoms with Crippen molar-refractivity contribution < 1.29 is 19.0 Å². The summed E-state index contributed by atoms with van der Waals surface area (Å²) in [5.74, 6) is -0.148. The van der Waals surface area contributed by atoms with E-state index in [4.69, 9.17) is 4.74 Å². The highest BCUT2D eigenvalue weighted by atomic mass is 19.1. The zero-order valence-corrected chi connectivity index (χ0v) is 11.6. The second-order valence-corrected chi connectivity index (χ2v) is 4.63. The number of hydrogen-bond donors (Lipinski definition) is 2. The van der Waals surface area contributed by atoms with Gasteiger partial charge in [0.05, 0.1) is 0 Å². The average molecular weight is 292 g/mol. The van der Waals surface area contributed by atoms with Gasteiger partial charge in [-0.2, -0.15) is 0 Å². The third kappa shape index (κ3) is 4.32. The molecule has 0 radical (unpaired) electrons. The van der Waals surface area contributed by atoms with Gasteiger partial charge in [0, 0.05) is 19.8 Å². The number of hydrogen-bond acceptors (Lipinski definition) is 3. The molecule has 1 aromatic carbocycles. The summed E-state index contributed by atoms with van der Waals surface area (Å²) in [6.45, 7) is 0.0876. The third-order valence-electron chi connectivity index (χ3n) is 2.93. The lowest BCUT2D eigenvalue weighted by atomic mass is 10.3. The van der Waals surface area contributed by atoms with Crippen molar-refractivity contribution in [2.24, 2.45) is 7.05 Å². The van der Waals surface area contributed by atoms with Gasteiger partial charge in [0.1, 0.15) is 30.0 Å². The van der Waals surface area contributed by atoms with Gasteiger partial charge >= 0.3 is 0 Å². The van der Waals surface area contributed by atoms with Crippen molar-refractivity contribution in [3.05, 3.63) is 54.1 Å². The van der Waals surface area contributed by atoms with Gasteiger partial charge in [-0.25, -0.2) is 4.39 Å². The minimum Gasteiger partial charge on any atom is -0.491 e. The molecule has 1 heterocycles. The van der Waals surface area contributed by atoms with E-state index < -0.39 is 6.10 Å². The van der Waals surface area contributed by atoms with E-state index in [-0.39, 0.29) is 24.9 Å². The molecular weight excluding hydrogens is 275 g/mol. The number of ether oxygens (including phenoxy) is 1. The first-order chi connectivity index (χ1) is 10.1. The van der Waals surface area contributed by atoms with E-state index in [0.29, 0.717) is 11.4 Å². The number of nitrogens with zero attached hydrogens (tertiary/aromatic N) is 1. The molecule has 0 saturated carbocycles. The van der Waals surface area contributed by atoms with Gasteiger partial charge in [0.2, 0.25) is 0 Å². The van der Waals surface area contributed by atoms with Gasteiger partial charge in [0.25, 0.3) is 5.91 Å². The summed E-state index contributed by atoms with van der Waals surface area (Å²) >= 11 is 0. The molecule has 21 heavy (non-hydrogen) atoms. The molecule has 1 atom stereocenters. The largest absolute Gasteiger partial charge is 0.491 e. The van der Waals surface area contributed by atoms with Gasteiger partial charge in [-0.3, -0.25) is 4.79 Å². The lowest BCUT2D eigenvalue weighted by Crippen LogP contribution is -2.35. The van der Waals surface area contributed by atoms with Gasteiger partial charge in [-0.15, -0.1) is 0 Å². The Labute approximate surface area is 122 Å². The van der Waals surface area contributed by atoms with Crippen molar-refractivity contribution in [3.63, 3.8) is 0 Å². The smallest absolute Gasteiger partial charge is 0.267 e. The zero-order valence-electron chi connectivity index (χ0n) is 11.6. The highest BCUT2D eigenvalue weighted by Crippen LogP contribution is 2.11. The van der Waals surface area contributed by atoms with E-state index in [1.165, 1.54) is 24.3 Å². The molecule has 0 saturated heterocycles. The van der Waals surface area contributed by atoms with Crippen molar-refractivity contribution >= 4 is 5.91 Å². The van der Waals surface area contributed by atoms with Crippen LogP contribution in [0.4, 0.5) is 4.39 Å². The highest BCUT2D eigenvalue weighted by Gasteiger charge is 2.11. The van der Waals surface area contributed by atoms with Crippen LogP contribution in [0.1, 0.15) is 10.5 Å². The number of aromatic nitrogens is 1. The van der Waals surface area contributed by atoms with Crippen LogP contribution < -0.4 is 10.1 Å². The Morgan fingerprint density at radius 1 is 1.38 bits per heavy atom. The second kappa shape index (κ2) is 6.90. The number of halogens is 1. The Morgan fingerprint density at radius 2 is 2.10 bits per heavy atom. The Balaban J connectivity index is 1.75. The third-order valence-corrected chi connectivity index (χ3v) is 2.93. The van der Waals surface area contributed by atoms with Crippen LogP contribution in [0.25, 0.3) is 0 Å². The normalized spacial score (nSPS) is 12.0. The lowest BCUT2D eigenvalue weighted by molar-refractivity contribution is 0.0837. The summed E-state index contributed by atoms with van der Waals surface area (Å²) in [5.41, 5.74) is 0.515. The maximum atomic E-state index is 12.7. The summed E-state index contributed by atoms with van der Waals surface area (Å²) < 4.78 is 19.7. The zero-order chi connectivity index (χ0) is 15.2. The Hall–Kier alpha value is -2.34. The van der Waals surface area contributed by atoms with E-state index >= 15 is 0 Å². The maximum absolute atomic E-state index is 12.7. The van der Waals surface area contributed by atoms with Crippen molar-refractivity contribution in [3.8, 4) is 5.75 Å². The van der Waals surface area contributed by atoms with E-state index in [0.717, 1.165) is 0 Å². The number of aliphatic hydroxyl groups is 1. The quantitative estimate of drug-likeness (QED) is 0.844. The molecule has 0 aliphatic carbocycles. The maximum Gasteiger partial charge on any atom is 0.267 e. The number of carbonyl (C=O) groups is 1. The van der Waals surface area contributed by atoms with Crippen LogP contribution >= 0.6 is 0 Å². The first kappa shape index (κ1) is 15.1. The molecule has 0 bridgehead atoms. The molecule has 1 amide bonds. The van der Waals surface area contributed by atoms with E-state index in [1.807, 2.05) is 0 Å². The molecule has 2 aromatic rings. The first-order valence-electron chi connectivity index (χ1n) is 6.52. The predicted octanol–water partition coefficient (Wildman–Crippen LogP) is 1.33. The van der Waals surface area contributed by atoms with E-state index in [2.05, 4.69) is 5.32 Å². The van der Waals surface area contributed by atoms with E-state index in [1.54, 1.807) is 29.9 Å². The van der Waals surface area contributed by atoms with Crippen molar-refractivity contribution in [1.29, 1.82) is 0 Å². The molecular formula is C15H17FN2O3. The number of aliphatic hydroxyl groups excluding tert-OH is 1. The minimum atomic E-state index is -0.848. The number of nitrogens with one attached hydrogen (secondary N) is 1. The molecule has 6 heteroatoms. The molecule has 0 fully saturated rings. The van der Waals surface area contributed by atoms with Crippen LogP contribution in [0.2, 0.25) is 0 Å². The molecule has 112 valence electrons. The molecule has 2 rings (SSSR count). The summed E-state index contributed by atoms with van der Waals surface area (Å²) in [5, 5.41) is 12.4. The fourth-order valence-corrected chi connectivity index (χ4v) is 1.78. The number of amides is 1. The van der Waals surface area contributed by atoms with E-state index in [9.17, 15) is 14.3 Å². The molecule has 1 aromatic heterocycles. The monoisotopic (exact) mass is 292 g/mol. The van der Waals surface area contributed by atoms with Crippen LogP contribution in [0.5, 0.6) is 5.75 Å². The number of aryl methyl sites for hydroxylation is 1. The highest BCUT2D eigenvalue weighted by molar-refractivity contribution is 5.92. The van der Waals surface area contributed by atoms with Gasteiger partial charge in [0.15, 0.2) is 0 Å². The molecule has 0 spiro atoms. The Morgan fingerprint density at radius 3 is 2.71 bits per heavy atom. The van der Waals surface area contributed by atoms with Crippen molar-refractivity contribution in [2.75, 3.05) is 13.2 Å². The fourth-order valence-electron chi connectivity index (χ4n) is 1.78. The van der Waals surface area contributed by atoms with Crippen LogP contribution in [0.15, 0.2) is 42.6 Å². The Bertz CT molecular complexity index is 595. The number of benzene rings is 1. The first-order valence-corrected chi connectivity index (χ1v) is 6.52. The van der Waals surface area contributed by atoms with Gasteiger partial charge in [-0.1, -0.05) is 0 Å². The van der Waals surface area contributed by atoms with Gasteiger partial charge < -0.3 is 19.7 Å². The van der Waals surface area contributed by atoms with Crippen LogP contribution in [-0.2, 0) is 7.05 Å². The van der Waals surface area contributed by atoms with Crippen LogP contribution in [0, 0.1) is 5.82 Å². The van der Waals surface area contributed by atoms with Crippen molar-refractivity contribution in [2.45, 2.75) is 6.10 Å². The van der Waals surface area contributed by atoms with Crippen LogP contribution in [0.3, 0.4) is 0 Å². The number of carbonyl (C=O) groups excluding carboxylic acids is 1. The number of rotatable bonds is 6. The fraction of sp³-hybridized carbons (Fsp3) is 0.267. The molecule has 0 aliphatic heterocycles. The predicted molar refractivity (Wildman–Crippen MR) is 75.6 cm³/mol. The average Bonchev–Trinajstić information content (AvgIpc) is 2.90. The summed E-state index contributed by atoms with van der Waals surface area (Å²) in [6.07, 6.45) is 0.919. The summed E-state index contributed by atoms with van der Waals surface area (Å²) in [4.78, 5) is 11.8. The summed E-state index contributed by atoms with van der Waals surface area (Å²) in [6, 6.07) is 8.96. The summed E-state index contributed by atoms with van der Waals surface area (Å²) in [7, 11) is 1.77. The topological polar surface area (TPSA) is 63.5 Å². The van der Waals surface area contributed by atoms with Gasteiger partial charge in [-0.05, 0) is 36.4 Å². The van der Waals surface area contributed by atoms with Crippen molar-refractivity contribution in [1.82, 2.24) is 9.88 Å². The second-order valence-electron chi connectivity index (χ2n) is 4.63. The lowest BCUT2D eigenvalue weighted by Gasteiger charge is -2.13.